The molecule has 1 amide bonds. The number of rotatable bonds is 6. The lowest BCUT2D eigenvalue weighted by Gasteiger charge is -2.13. The fraction of sp³-hybridized carbons (Fsp3) is 0.227. The summed E-state index contributed by atoms with van der Waals surface area (Å²) in [6.07, 6.45) is 2.18. The smallest absolute Gasteiger partial charge is 0.229 e. The maximum atomic E-state index is 13.3. The largest absolute Gasteiger partial charge is 0.309 e. The van der Waals surface area contributed by atoms with Crippen LogP contribution in [0.25, 0.3) is 11.3 Å². The van der Waals surface area contributed by atoms with Crippen molar-refractivity contribution in [1.29, 1.82) is 0 Å². The molecule has 0 spiro atoms. The lowest BCUT2D eigenvalue weighted by molar-refractivity contribution is -0.115. The van der Waals surface area contributed by atoms with Gasteiger partial charge in [-0.2, -0.15) is 0 Å². The van der Waals surface area contributed by atoms with Gasteiger partial charge in [0.05, 0.1) is 24.0 Å². The summed E-state index contributed by atoms with van der Waals surface area (Å²) in [5.74, 6) is -1.57. The van der Waals surface area contributed by atoms with Gasteiger partial charge in [-0.1, -0.05) is 50.2 Å². The van der Waals surface area contributed by atoms with Crippen molar-refractivity contribution in [1.82, 2.24) is 9.97 Å². The third-order valence-electron chi connectivity index (χ3n) is 4.12. The zero-order valence-electron chi connectivity index (χ0n) is 15.7. The van der Waals surface area contributed by atoms with Crippen molar-refractivity contribution < 1.29 is 13.6 Å². The van der Waals surface area contributed by atoms with Gasteiger partial charge < -0.3 is 5.32 Å². The van der Waals surface area contributed by atoms with E-state index in [2.05, 4.69) is 29.1 Å². The van der Waals surface area contributed by atoms with Crippen LogP contribution in [-0.2, 0) is 17.6 Å². The lowest BCUT2D eigenvalue weighted by Crippen LogP contribution is -2.18. The lowest BCUT2D eigenvalue weighted by atomic mass is 10.1. The van der Waals surface area contributed by atoms with Crippen molar-refractivity contribution in [2.45, 2.75) is 26.7 Å². The standard InChI is InChI=1S/C22H21F2N3O/c1-14(2)10-19-22(25-13-20(26-19)16-6-4-3-5-7-16)27-21(28)12-15-8-9-17(23)18(24)11-15/h3-9,11,13-14H,10,12H2,1-2H3,(H,25,27,28). The zero-order valence-corrected chi connectivity index (χ0v) is 15.7. The Balaban J connectivity index is 1.81. The number of halogens is 2. The summed E-state index contributed by atoms with van der Waals surface area (Å²) in [4.78, 5) is 21.5. The molecule has 0 unspecified atom stereocenters. The van der Waals surface area contributed by atoms with Crippen LogP contribution in [0.15, 0.2) is 54.7 Å². The van der Waals surface area contributed by atoms with Crippen LogP contribution in [0.1, 0.15) is 25.1 Å². The maximum Gasteiger partial charge on any atom is 0.229 e. The topological polar surface area (TPSA) is 54.9 Å². The van der Waals surface area contributed by atoms with Gasteiger partial charge in [0.1, 0.15) is 0 Å². The van der Waals surface area contributed by atoms with Gasteiger partial charge in [0, 0.05) is 5.56 Å². The predicted octanol–water partition coefficient (Wildman–Crippen LogP) is 4.80. The molecule has 6 heteroatoms. The fourth-order valence-corrected chi connectivity index (χ4v) is 2.82. The number of nitrogens with one attached hydrogen (secondary N) is 1. The van der Waals surface area contributed by atoms with Crippen LogP contribution >= 0.6 is 0 Å². The van der Waals surface area contributed by atoms with Gasteiger partial charge in [0.15, 0.2) is 17.5 Å². The first-order chi connectivity index (χ1) is 13.4. The molecule has 0 bridgehead atoms. The van der Waals surface area contributed by atoms with Crippen molar-refractivity contribution in [3.8, 4) is 11.3 Å². The molecular formula is C22H21F2N3O. The third-order valence-corrected chi connectivity index (χ3v) is 4.12. The molecule has 2 aromatic carbocycles. The van der Waals surface area contributed by atoms with E-state index in [1.807, 2.05) is 30.3 Å². The highest BCUT2D eigenvalue weighted by Gasteiger charge is 2.14. The number of aromatic nitrogens is 2. The Kier molecular flexibility index (Phi) is 6.09. The van der Waals surface area contributed by atoms with Crippen molar-refractivity contribution in [3.63, 3.8) is 0 Å². The zero-order chi connectivity index (χ0) is 20.1. The molecule has 0 atom stereocenters. The molecule has 0 saturated heterocycles. The fourth-order valence-electron chi connectivity index (χ4n) is 2.82. The van der Waals surface area contributed by atoms with E-state index in [-0.39, 0.29) is 12.3 Å². The first kappa shape index (κ1) is 19.6. The molecule has 1 heterocycles. The molecule has 0 saturated carbocycles. The van der Waals surface area contributed by atoms with Gasteiger partial charge >= 0.3 is 0 Å². The minimum absolute atomic E-state index is 0.0829. The van der Waals surface area contributed by atoms with E-state index >= 15 is 0 Å². The van der Waals surface area contributed by atoms with Gasteiger partial charge in [-0.05, 0) is 30.0 Å². The van der Waals surface area contributed by atoms with Gasteiger partial charge in [0.2, 0.25) is 5.91 Å². The highest BCUT2D eigenvalue weighted by Crippen LogP contribution is 2.21. The number of carbonyl (C=O) groups excluding carboxylic acids is 1. The van der Waals surface area contributed by atoms with Gasteiger partial charge in [-0.3, -0.25) is 4.79 Å². The molecule has 1 N–H and O–H groups in total. The average Bonchev–Trinajstić information content (AvgIpc) is 2.66. The molecule has 0 fully saturated rings. The summed E-state index contributed by atoms with van der Waals surface area (Å²) in [5, 5.41) is 2.75. The van der Waals surface area contributed by atoms with Crippen molar-refractivity contribution >= 4 is 11.7 Å². The normalized spacial score (nSPS) is 10.9. The molecule has 0 aliphatic carbocycles. The monoisotopic (exact) mass is 381 g/mol. The maximum absolute atomic E-state index is 13.3. The van der Waals surface area contributed by atoms with Crippen molar-refractivity contribution in [2.75, 3.05) is 5.32 Å². The number of amides is 1. The predicted molar refractivity (Wildman–Crippen MR) is 105 cm³/mol. The molecule has 3 rings (SSSR count). The van der Waals surface area contributed by atoms with E-state index in [0.717, 1.165) is 23.4 Å². The van der Waals surface area contributed by atoms with Crippen LogP contribution in [0.4, 0.5) is 14.6 Å². The van der Waals surface area contributed by atoms with Crippen LogP contribution in [0, 0.1) is 17.6 Å². The van der Waals surface area contributed by atoms with Crippen LogP contribution in [-0.4, -0.2) is 15.9 Å². The Morgan fingerprint density at radius 2 is 1.82 bits per heavy atom. The number of hydrogen-bond acceptors (Lipinski definition) is 3. The summed E-state index contributed by atoms with van der Waals surface area (Å²) < 4.78 is 26.4. The molecule has 0 radical (unpaired) electrons. The van der Waals surface area contributed by atoms with Crippen molar-refractivity contribution in [2.24, 2.45) is 5.92 Å². The molecule has 0 aliphatic heterocycles. The molecule has 4 nitrogen and oxygen atoms in total. The number of benzene rings is 2. The highest BCUT2D eigenvalue weighted by atomic mass is 19.2. The Hall–Kier alpha value is -3.15. The SMILES string of the molecule is CC(C)Cc1nc(-c2ccccc2)cnc1NC(=O)Cc1ccc(F)c(F)c1. The average molecular weight is 381 g/mol. The molecule has 28 heavy (non-hydrogen) atoms. The Bertz CT molecular complexity index is 975. The quantitative estimate of drug-likeness (QED) is 0.667. The van der Waals surface area contributed by atoms with Crippen molar-refractivity contribution in [3.05, 3.63) is 77.6 Å². The Morgan fingerprint density at radius 3 is 2.50 bits per heavy atom. The second-order valence-corrected chi connectivity index (χ2v) is 6.99. The number of carbonyl (C=O) groups is 1. The van der Waals surface area contributed by atoms with E-state index < -0.39 is 11.6 Å². The second kappa shape index (κ2) is 8.69. The molecule has 0 aliphatic rings. The number of nitrogens with zero attached hydrogens (tertiary/aromatic N) is 2. The van der Waals surface area contributed by atoms with E-state index in [9.17, 15) is 13.6 Å². The van der Waals surface area contributed by atoms with E-state index in [1.54, 1.807) is 6.20 Å². The molecule has 144 valence electrons. The van der Waals surface area contributed by atoms with Gasteiger partial charge in [0.25, 0.3) is 0 Å². The van der Waals surface area contributed by atoms with Crippen LogP contribution in [0.3, 0.4) is 0 Å². The van der Waals surface area contributed by atoms with E-state index in [1.165, 1.54) is 6.07 Å². The summed E-state index contributed by atoms with van der Waals surface area (Å²) in [7, 11) is 0. The third kappa shape index (κ3) is 4.97. The van der Waals surface area contributed by atoms with E-state index in [0.29, 0.717) is 29.4 Å². The summed E-state index contributed by atoms with van der Waals surface area (Å²) >= 11 is 0. The highest BCUT2D eigenvalue weighted by molar-refractivity contribution is 5.92. The Labute approximate surface area is 162 Å². The minimum atomic E-state index is -0.974. The van der Waals surface area contributed by atoms with Crippen LogP contribution in [0.2, 0.25) is 0 Å². The summed E-state index contributed by atoms with van der Waals surface area (Å²) in [6.45, 7) is 4.12. The first-order valence-electron chi connectivity index (χ1n) is 9.07. The number of anilines is 1. The summed E-state index contributed by atoms with van der Waals surface area (Å²) in [5.41, 5.74) is 2.75. The second-order valence-electron chi connectivity index (χ2n) is 6.99. The summed E-state index contributed by atoms with van der Waals surface area (Å²) in [6, 6.07) is 13.1. The minimum Gasteiger partial charge on any atom is -0.309 e. The van der Waals surface area contributed by atoms with Gasteiger partial charge in [-0.15, -0.1) is 0 Å². The first-order valence-corrected chi connectivity index (χ1v) is 9.07. The molecular weight excluding hydrogens is 360 g/mol. The Morgan fingerprint density at radius 1 is 1.07 bits per heavy atom. The van der Waals surface area contributed by atoms with Crippen LogP contribution in [0.5, 0.6) is 0 Å². The molecule has 1 aromatic heterocycles. The number of hydrogen-bond donors (Lipinski definition) is 1. The van der Waals surface area contributed by atoms with Gasteiger partial charge in [-0.25, -0.2) is 18.7 Å². The van der Waals surface area contributed by atoms with E-state index in [4.69, 9.17) is 0 Å². The van der Waals surface area contributed by atoms with Crippen LogP contribution < -0.4 is 5.32 Å². The molecule has 3 aromatic rings.